The highest BCUT2D eigenvalue weighted by Gasteiger charge is 2.28. The van der Waals surface area contributed by atoms with E-state index in [0.29, 0.717) is 29.5 Å². The van der Waals surface area contributed by atoms with Crippen molar-refractivity contribution < 1.29 is 73.3 Å². The number of halogens is 2. The number of nitrogens with one attached hydrogen (secondary N) is 3. The van der Waals surface area contributed by atoms with Crippen LogP contribution < -0.4 is 15.4 Å². The molecule has 7 rings (SSSR count). The minimum Gasteiger partial charge on any atom is -0.339 e. The molecule has 27 nitrogen and oxygen atoms in total. The van der Waals surface area contributed by atoms with Crippen LogP contribution in [0.2, 0.25) is 10.0 Å². The molecule has 0 unspecified atom stereocenters. The number of hydrogen-bond acceptors (Lipinski definition) is 22. The first-order valence-electron chi connectivity index (χ1n) is 20.7. The first-order valence-corrected chi connectivity index (χ1v) is 31.1. The Kier molecular flexibility index (Phi) is 16.2. The van der Waals surface area contributed by atoms with E-state index in [9.17, 15) is 83.8 Å². The largest absolute Gasteiger partial charge is 0.339 e. The number of thiophene rings is 1. The fourth-order valence-electron chi connectivity index (χ4n) is 7.03. The molecule has 0 amide bonds. The Labute approximate surface area is 456 Å². The number of nitriles is 2. The summed E-state index contributed by atoms with van der Waals surface area (Å²) in [5.74, 6) is -0.948. The van der Waals surface area contributed by atoms with Gasteiger partial charge in [-0.25, -0.2) is 13.4 Å². The van der Waals surface area contributed by atoms with Crippen LogP contribution in [-0.4, -0.2) is 84.0 Å². The maximum atomic E-state index is 12.7. The van der Waals surface area contributed by atoms with Crippen LogP contribution in [0, 0.1) is 29.6 Å². The predicted octanol–water partition coefficient (Wildman–Crippen LogP) is 9.63. The van der Waals surface area contributed by atoms with Gasteiger partial charge in [0.1, 0.15) is 48.0 Å². The minimum atomic E-state index is -5.44. The molecule has 0 aliphatic rings. The van der Waals surface area contributed by atoms with Crippen molar-refractivity contribution in [3.05, 3.63) is 112 Å². The van der Waals surface area contributed by atoms with Crippen molar-refractivity contribution in [3.63, 3.8) is 0 Å². The molecule has 0 fully saturated rings. The van der Waals surface area contributed by atoms with Crippen LogP contribution >= 0.6 is 34.5 Å². The first-order chi connectivity index (χ1) is 36.1. The van der Waals surface area contributed by atoms with Gasteiger partial charge in [0.05, 0.1) is 31.9 Å². The second-order valence-electron chi connectivity index (χ2n) is 15.7. The summed E-state index contributed by atoms with van der Waals surface area (Å²) >= 11 is 12.6. The second kappa shape index (κ2) is 21.6. The van der Waals surface area contributed by atoms with Crippen LogP contribution in [0.15, 0.2) is 130 Å². The van der Waals surface area contributed by atoms with Crippen molar-refractivity contribution in [1.82, 2.24) is 4.98 Å². The Balaban J connectivity index is 1.46. The summed E-state index contributed by atoms with van der Waals surface area (Å²) in [7, 11) is -29.8. The maximum absolute atomic E-state index is 12.7. The van der Waals surface area contributed by atoms with Crippen LogP contribution in [0.4, 0.5) is 50.1 Å². The van der Waals surface area contributed by atoms with Gasteiger partial charge in [-0.15, -0.1) is 20.5 Å². The van der Waals surface area contributed by atoms with E-state index < -0.39 is 107 Å². The van der Waals surface area contributed by atoms with Crippen LogP contribution in [0.5, 0.6) is 0 Å². The highest BCUT2D eigenvalue weighted by molar-refractivity contribution is 7.92. The predicted molar refractivity (Wildman–Crippen MR) is 282 cm³/mol. The molecule has 0 saturated heterocycles. The maximum Gasteiger partial charge on any atom is 0.296 e. The number of benzene rings is 5. The van der Waals surface area contributed by atoms with Crippen molar-refractivity contribution in [2.75, 3.05) is 21.1 Å². The number of hydrogen-bond donors (Lipinski definition) is 8. The van der Waals surface area contributed by atoms with Gasteiger partial charge in [-0.3, -0.25) is 27.5 Å². The third-order valence-electron chi connectivity index (χ3n) is 10.6. The quantitative estimate of drug-likeness (QED) is 0.0310. The molecule has 0 spiro atoms. The number of sulfonamides is 1. The van der Waals surface area contributed by atoms with Gasteiger partial charge >= 0.3 is 0 Å². The Hall–Kier alpha value is -7.13. The van der Waals surface area contributed by atoms with Crippen molar-refractivity contribution in [2.45, 2.75) is 38.3 Å². The number of nitrogens with zero attached hydrogens (tertiary/aromatic N) is 7. The fourth-order valence-corrected chi connectivity index (χ4v) is 12.6. The second-order valence-corrected chi connectivity index (χ2v) is 26.5. The molecule has 2 aromatic heterocycles. The molecule has 0 aliphatic carbocycles. The van der Waals surface area contributed by atoms with Crippen LogP contribution in [-0.2, 0) is 60.6 Å². The molecule has 5 aromatic carbocycles. The van der Waals surface area contributed by atoms with E-state index in [1.54, 1.807) is 0 Å². The van der Waals surface area contributed by atoms with Gasteiger partial charge in [-0.05, 0) is 92.2 Å². The summed E-state index contributed by atoms with van der Waals surface area (Å²) in [5.41, 5.74) is -1.65. The van der Waals surface area contributed by atoms with Gasteiger partial charge in [-0.2, -0.15) is 52.6 Å². The lowest BCUT2D eigenvalue weighted by molar-refractivity contribution is 0.478. The summed E-state index contributed by atoms with van der Waals surface area (Å²) in [6, 6.07) is 18.0. The van der Waals surface area contributed by atoms with E-state index in [2.05, 4.69) is 40.8 Å². The zero-order valence-electron chi connectivity index (χ0n) is 38.7. The van der Waals surface area contributed by atoms with Gasteiger partial charge in [0.25, 0.3) is 50.6 Å². The number of aromatic nitrogens is 1. The smallest absolute Gasteiger partial charge is 0.296 e. The highest BCUT2D eigenvalue weighted by atomic mass is 35.5. The first kappa shape index (κ1) is 58.6. The number of anilines is 5. The molecule has 36 heteroatoms. The molecule has 0 atom stereocenters. The topological polar surface area (TPSA) is 452 Å². The molecule has 0 aliphatic heterocycles. The SMILES string of the molecule is CCS(=O)(=O)Nc1ccc(-c2c(/N=N/c3cc(S(=O)(=O)O)c4cc(S(=O)(=O)O)cc(S(=O)(=O)O)c4c3)sc(N=Nc3c(Nc4ccc(Cl)c(S(=O)(=O)O)c4)nc(Nc4ccc(Cl)c(S(=O)(=O)O)c4)c(C#N)c3C)c2C#N)cc1. The standard InChI is InChI=1S/C42H30Cl2N10O17S7/c1-3-73(55,56)54-22-6-4-21(5-7-22)37-30(19-46)41(72-42(37)53-50-25-12-27-28(33(15-25)75(60,61)62)16-26(74(57,58)59)17-34(27)76(63,64)65)52-51-38-20(2)29(18-45)39(47-23-8-10-31(43)35(13-23)77(66,67)68)49-40(38)48-24-9-11-32(44)36(14-24)78(69,70)71/h4-17,54H,3H2,1-2H3,(H2,47,48,49)(H,57,58,59)(H,60,61,62)(H,63,64,65)(H,66,67,68)(H,69,70,71)/b52-51?,53-50+. The zero-order chi connectivity index (χ0) is 57.7. The molecule has 7 aromatic rings. The van der Waals surface area contributed by atoms with Gasteiger partial charge in [0.15, 0.2) is 16.6 Å². The summed E-state index contributed by atoms with van der Waals surface area (Å²) in [6.45, 7) is 2.73. The number of pyridine rings is 1. The number of fused-ring (bicyclic) bond motifs is 1. The lowest BCUT2D eigenvalue weighted by Gasteiger charge is -2.16. The van der Waals surface area contributed by atoms with Gasteiger partial charge in [0.2, 0.25) is 10.0 Å². The van der Waals surface area contributed by atoms with Crippen LogP contribution in [0.3, 0.4) is 0 Å². The Morgan fingerprint density at radius 1 is 0.564 bits per heavy atom. The monoisotopic (exact) mass is 1240 g/mol. The highest BCUT2D eigenvalue weighted by Crippen LogP contribution is 2.49. The van der Waals surface area contributed by atoms with E-state index in [4.69, 9.17) is 23.2 Å². The fraction of sp³-hybridized carbons (Fsp3) is 0.0714. The van der Waals surface area contributed by atoms with Crippen molar-refractivity contribution in [1.29, 1.82) is 10.5 Å². The van der Waals surface area contributed by atoms with E-state index in [1.807, 2.05) is 12.1 Å². The van der Waals surface area contributed by atoms with Gasteiger partial charge in [-0.1, -0.05) is 46.7 Å². The molecule has 0 saturated carbocycles. The van der Waals surface area contributed by atoms with Gasteiger partial charge < -0.3 is 10.6 Å². The molecule has 2 heterocycles. The molecule has 0 radical (unpaired) electrons. The van der Waals surface area contributed by atoms with E-state index in [0.717, 1.165) is 30.3 Å². The third kappa shape index (κ3) is 12.9. The molecule has 78 heavy (non-hydrogen) atoms. The lowest BCUT2D eigenvalue weighted by atomic mass is 10.0. The molecular formula is C42H30Cl2N10O17S7. The van der Waals surface area contributed by atoms with Crippen LogP contribution in [0.1, 0.15) is 23.6 Å². The Morgan fingerprint density at radius 3 is 1.55 bits per heavy atom. The van der Waals surface area contributed by atoms with E-state index >= 15 is 0 Å². The molecular weight excluding hydrogens is 1210 g/mol. The van der Waals surface area contributed by atoms with E-state index in [-0.39, 0.29) is 83.0 Å². The zero-order valence-corrected chi connectivity index (χ0v) is 45.9. The minimum absolute atomic E-state index is 0.0478. The summed E-state index contributed by atoms with van der Waals surface area (Å²) in [4.78, 5) is -0.667. The lowest BCUT2D eigenvalue weighted by Crippen LogP contribution is -2.14. The number of rotatable bonds is 17. The normalized spacial score (nSPS) is 12.7. The average molecular weight is 1240 g/mol. The molecule has 406 valence electrons. The summed E-state index contributed by atoms with van der Waals surface area (Å²) < 4.78 is 200. The van der Waals surface area contributed by atoms with Gasteiger partial charge in [0, 0.05) is 39.0 Å². The third-order valence-corrected chi connectivity index (χ3v) is 18.1. The van der Waals surface area contributed by atoms with Crippen molar-refractivity contribution in [3.8, 4) is 23.3 Å². The Morgan fingerprint density at radius 2 is 1.05 bits per heavy atom. The summed E-state index contributed by atoms with van der Waals surface area (Å²) in [6.07, 6.45) is 0. The molecule has 8 N–H and O–H groups in total. The van der Waals surface area contributed by atoms with E-state index in [1.165, 1.54) is 50.2 Å². The Bertz CT molecular complexity index is 4570. The average Bonchev–Trinajstić information content (AvgIpc) is 3.79. The molecule has 0 bridgehead atoms. The number of azo groups is 2. The van der Waals surface area contributed by atoms with Crippen molar-refractivity contribution >= 4 is 156 Å². The summed E-state index contributed by atoms with van der Waals surface area (Å²) in [5, 5.41) is 40.6. The van der Waals surface area contributed by atoms with Crippen LogP contribution in [0.25, 0.3) is 21.9 Å². The van der Waals surface area contributed by atoms with Crippen molar-refractivity contribution in [2.24, 2.45) is 20.5 Å².